The average Bonchev–Trinajstić information content (AvgIpc) is 3.20. The van der Waals surface area contributed by atoms with Gasteiger partial charge in [0.25, 0.3) is 0 Å². The second kappa shape index (κ2) is 6.03. The van der Waals surface area contributed by atoms with E-state index in [-0.39, 0.29) is 5.41 Å². The molecule has 0 saturated heterocycles. The summed E-state index contributed by atoms with van der Waals surface area (Å²) in [5.41, 5.74) is 7.03. The Labute approximate surface area is 154 Å². The summed E-state index contributed by atoms with van der Waals surface area (Å²) >= 11 is 1.81. The fourth-order valence-electron chi connectivity index (χ4n) is 3.74. The van der Waals surface area contributed by atoms with Gasteiger partial charge in [-0.05, 0) is 71.2 Å². The Bertz CT molecular complexity index is 869. The fourth-order valence-corrected chi connectivity index (χ4v) is 4.47. The van der Waals surface area contributed by atoms with Crippen LogP contribution < -0.4 is 4.90 Å². The Balaban J connectivity index is 1.69. The Morgan fingerprint density at radius 3 is 2.40 bits per heavy atom. The van der Waals surface area contributed by atoms with Gasteiger partial charge in [0.05, 0.1) is 0 Å². The van der Waals surface area contributed by atoms with E-state index in [9.17, 15) is 0 Å². The summed E-state index contributed by atoms with van der Waals surface area (Å²) in [5.74, 6) is 0. The normalized spacial score (nSPS) is 17.0. The number of fused-ring (bicyclic) bond motifs is 1. The SMILES string of the molecule is CC1Cc2cc(-c3cccs3)ccc2N1c1ccc(C(C)(C)C)cc1. The summed E-state index contributed by atoms with van der Waals surface area (Å²) in [6.07, 6.45) is 1.11. The van der Waals surface area contributed by atoms with E-state index in [1.807, 2.05) is 11.3 Å². The molecule has 0 spiro atoms. The van der Waals surface area contributed by atoms with Crippen LogP contribution in [-0.2, 0) is 11.8 Å². The third-order valence-electron chi connectivity index (χ3n) is 5.11. The summed E-state index contributed by atoms with van der Waals surface area (Å²) in [6.45, 7) is 9.12. The topological polar surface area (TPSA) is 3.24 Å². The van der Waals surface area contributed by atoms with Crippen molar-refractivity contribution in [3.63, 3.8) is 0 Å². The van der Waals surface area contributed by atoms with Crippen molar-refractivity contribution in [3.8, 4) is 10.4 Å². The Morgan fingerprint density at radius 2 is 1.76 bits per heavy atom. The minimum absolute atomic E-state index is 0.197. The monoisotopic (exact) mass is 347 g/mol. The van der Waals surface area contributed by atoms with Crippen molar-refractivity contribution in [2.75, 3.05) is 4.90 Å². The van der Waals surface area contributed by atoms with Crippen molar-refractivity contribution >= 4 is 22.7 Å². The van der Waals surface area contributed by atoms with Gasteiger partial charge >= 0.3 is 0 Å². The van der Waals surface area contributed by atoms with Gasteiger partial charge < -0.3 is 4.90 Å². The quantitative estimate of drug-likeness (QED) is 0.493. The first-order valence-electron chi connectivity index (χ1n) is 9.00. The lowest BCUT2D eigenvalue weighted by Gasteiger charge is -2.26. The van der Waals surface area contributed by atoms with Gasteiger partial charge in [-0.25, -0.2) is 0 Å². The Kier molecular flexibility index (Phi) is 3.96. The zero-order valence-electron chi connectivity index (χ0n) is 15.4. The van der Waals surface area contributed by atoms with Crippen molar-refractivity contribution in [2.45, 2.75) is 45.6 Å². The molecule has 1 nitrogen and oxygen atoms in total. The second-order valence-electron chi connectivity index (χ2n) is 8.04. The molecule has 0 saturated carbocycles. The molecule has 1 aliphatic heterocycles. The van der Waals surface area contributed by atoms with Crippen molar-refractivity contribution in [2.24, 2.45) is 0 Å². The van der Waals surface area contributed by atoms with E-state index >= 15 is 0 Å². The zero-order chi connectivity index (χ0) is 17.6. The molecule has 0 bridgehead atoms. The van der Waals surface area contributed by atoms with Crippen LogP contribution in [0.15, 0.2) is 60.0 Å². The standard InChI is InChI=1S/C23H25NS/c1-16-14-18-15-17(22-6-5-13-25-22)7-12-21(18)24(16)20-10-8-19(9-11-20)23(2,3)4/h5-13,15-16H,14H2,1-4H3. The Morgan fingerprint density at radius 1 is 1.00 bits per heavy atom. The molecule has 1 atom stereocenters. The van der Waals surface area contributed by atoms with Crippen LogP contribution in [0.2, 0.25) is 0 Å². The lowest BCUT2D eigenvalue weighted by molar-refractivity contribution is 0.590. The molecule has 0 fully saturated rings. The van der Waals surface area contributed by atoms with Crippen molar-refractivity contribution in [1.29, 1.82) is 0 Å². The molecule has 25 heavy (non-hydrogen) atoms. The molecule has 1 aliphatic rings. The van der Waals surface area contributed by atoms with Crippen LogP contribution in [0.25, 0.3) is 10.4 Å². The predicted molar refractivity (Wildman–Crippen MR) is 110 cm³/mol. The highest BCUT2D eigenvalue weighted by Crippen LogP contribution is 2.41. The lowest BCUT2D eigenvalue weighted by Crippen LogP contribution is -2.24. The van der Waals surface area contributed by atoms with Gasteiger partial charge in [-0.3, -0.25) is 0 Å². The van der Waals surface area contributed by atoms with Gasteiger partial charge in [-0.1, -0.05) is 45.0 Å². The highest BCUT2D eigenvalue weighted by molar-refractivity contribution is 7.13. The molecule has 4 rings (SSSR count). The van der Waals surface area contributed by atoms with Gasteiger partial charge in [0.1, 0.15) is 0 Å². The van der Waals surface area contributed by atoms with E-state index in [4.69, 9.17) is 0 Å². The van der Waals surface area contributed by atoms with Gasteiger partial charge in [0, 0.05) is 22.3 Å². The highest BCUT2D eigenvalue weighted by Gasteiger charge is 2.27. The highest BCUT2D eigenvalue weighted by atomic mass is 32.1. The van der Waals surface area contributed by atoms with Crippen LogP contribution >= 0.6 is 11.3 Å². The number of anilines is 2. The minimum Gasteiger partial charge on any atom is -0.338 e. The Hall–Kier alpha value is -2.06. The van der Waals surface area contributed by atoms with Crippen LogP contribution in [-0.4, -0.2) is 6.04 Å². The molecular weight excluding hydrogens is 322 g/mol. The maximum atomic E-state index is 2.49. The third-order valence-corrected chi connectivity index (χ3v) is 6.03. The van der Waals surface area contributed by atoms with Gasteiger partial charge in [-0.2, -0.15) is 0 Å². The molecular formula is C23H25NS. The first kappa shape index (κ1) is 16.4. The van der Waals surface area contributed by atoms with Gasteiger partial charge in [-0.15, -0.1) is 11.3 Å². The van der Waals surface area contributed by atoms with Crippen LogP contribution in [0.5, 0.6) is 0 Å². The third kappa shape index (κ3) is 3.00. The molecule has 2 heteroatoms. The second-order valence-corrected chi connectivity index (χ2v) is 8.99. The molecule has 2 heterocycles. The van der Waals surface area contributed by atoms with E-state index < -0.39 is 0 Å². The lowest BCUT2D eigenvalue weighted by atomic mass is 9.87. The summed E-state index contributed by atoms with van der Waals surface area (Å²) in [7, 11) is 0. The summed E-state index contributed by atoms with van der Waals surface area (Å²) in [6, 6.07) is 20.9. The molecule has 0 N–H and O–H groups in total. The smallest absolute Gasteiger partial charge is 0.0447 e. The van der Waals surface area contributed by atoms with Crippen molar-refractivity contribution in [1.82, 2.24) is 0 Å². The van der Waals surface area contributed by atoms with Crippen LogP contribution in [0.1, 0.15) is 38.8 Å². The van der Waals surface area contributed by atoms with Gasteiger partial charge in [0.2, 0.25) is 0 Å². The molecule has 0 radical (unpaired) electrons. The summed E-state index contributed by atoms with van der Waals surface area (Å²) in [5, 5.41) is 2.15. The molecule has 2 aromatic carbocycles. The van der Waals surface area contributed by atoms with Crippen molar-refractivity contribution < 1.29 is 0 Å². The first-order chi connectivity index (χ1) is 11.9. The molecule has 128 valence electrons. The van der Waals surface area contributed by atoms with E-state index in [0.717, 1.165) is 6.42 Å². The largest absolute Gasteiger partial charge is 0.338 e. The maximum Gasteiger partial charge on any atom is 0.0447 e. The number of hydrogen-bond donors (Lipinski definition) is 0. The zero-order valence-corrected chi connectivity index (χ0v) is 16.2. The van der Waals surface area contributed by atoms with E-state index in [1.54, 1.807) is 0 Å². The number of hydrogen-bond acceptors (Lipinski definition) is 2. The summed E-state index contributed by atoms with van der Waals surface area (Å²) < 4.78 is 0. The average molecular weight is 348 g/mol. The maximum absolute atomic E-state index is 2.49. The predicted octanol–water partition coefficient (Wildman–Crippen LogP) is 6.80. The number of rotatable bonds is 2. The molecule has 1 aromatic heterocycles. The molecule has 1 unspecified atom stereocenters. The summed E-state index contributed by atoms with van der Waals surface area (Å²) in [4.78, 5) is 3.84. The molecule has 3 aromatic rings. The first-order valence-corrected chi connectivity index (χ1v) is 9.88. The number of nitrogens with zero attached hydrogens (tertiary/aromatic N) is 1. The van der Waals surface area contributed by atoms with E-state index in [1.165, 1.54) is 32.9 Å². The van der Waals surface area contributed by atoms with E-state index in [0.29, 0.717) is 6.04 Å². The van der Waals surface area contributed by atoms with Crippen molar-refractivity contribution in [3.05, 3.63) is 71.1 Å². The fraction of sp³-hybridized carbons (Fsp3) is 0.304. The van der Waals surface area contributed by atoms with Crippen LogP contribution in [0.3, 0.4) is 0 Å². The number of benzene rings is 2. The molecule has 0 aliphatic carbocycles. The van der Waals surface area contributed by atoms with E-state index in [2.05, 4.69) is 92.6 Å². The minimum atomic E-state index is 0.197. The van der Waals surface area contributed by atoms with Crippen LogP contribution in [0.4, 0.5) is 11.4 Å². The van der Waals surface area contributed by atoms with Crippen LogP contribution in [0, 0.1) is 0 Å². The van der Waals surface area contributed by atoms with Gasteiger partial charge in [0.15, 0.2) is 0 Å². The number of thiophene rings is 1. The molecule has 0 amide bonds.